The Morgan fingerprint density at radius 2 is 2.07 bits per heavy atom. The average molecular weight is 392 g/mol. The van der Waals surface area contributed by atoms with Gasteiger partial charge in [-0.1, -0.05) is 12.1 Å². The molecule has 1 saturated heterocycles. The van der Waals surface area contributed by atoms with Crippen LogP contribution >= 0.6 is 0 Å². The van der Waals surface area contributed by atoms with Crippen LogP contribution in [-0.4, -0.2) is 45.1 Å². The number of amides is 1. The van der Waals surface area contributed by atoms with Crippen molar-refractivity contribution in [3.63, 3.8) is 0 Å². The van der Waals surface area contributed by atoms with Crippen molar-refractivity contribution in [3.8, 4) is 11.3 Å². The van der Waals surface area contributed by atoms with Gasteiger partial charge in [0.25, 0.3) is 5.91 Å². The first-order chi connectivity index (χ1) is 14.0. The van der Waals surface area contributed by atoms with Gasteiger partial charge < -0.3 is 15.3 Å². The summed E-state index contributed by atoms with van der Waals surface area (Å²) in [5.41, 5.74) is 3.43. The zero-order valence-corrected chi connectivity index (χ0v) is 16.4. The van der Waals surface area contributed by atoms with E-state index in [1.807, 2.05) is 18.2 Å². The fourth-order valence-electron chi connectivity index (χ4n) is 4.21. The van der Waals surface area contributed by atoms with E-state index in [0.29, 0.717) is 24.4 Å². The van der Waals surface area contributed by atoms with Crippen LogP contribution in [0.2, 0.25) is 0 Å². The van der Waals surface area contributed by atoms with Gasteiger partial charge in [-0.3, -0.25) is 4.79 Å². The molecule has 1 aromatic carbocycles. The number of aliphatic carboxylic acids is 1. The van der Waals surface area contributed by atoms with E-state index in [-0.39, 0.29) is 5.91 Å². The van der Waals surface area contributed by atoms with Crippen LogP contribution in [0, 0.1) is 0 Å². The molecule has 0 radical (unpaired) electrons. The molecule has 1 aliphatic heterocycles. The molecule has 2 aromatic rings. The van der Waals surface area contributed by atoms with E-state index in [9.17, 15) is 14.7 Å². The lowest BCUT2D eigenvalue weighted by atomic mass is 10.0. The third-order valence-corrected chi connectivity index (χ3v) is 6.41. The highest BCUT2D eigenvalue weighted by atomic mass is 16.4. The van der Waals surface area contributed by atoms with E-state index in [2.05, 4.69) is 17.1 Å². The maximum atomic E-state index is 12.7. The first-order valence-corrected chi connectivity index (χ1v) is 10.3. The number of anilines is 1. The number of aromatic nitrogens is 2. The lowest BCUT2D eigenvalue weighted by molar-refractivity contribution is -0.140. The Morgan fingerprint density at radius 1 is 1.24 bits per heavy atom. The number of carboxylic acids is 1. The van der Waals surface area contributed by atoms with E-state index >= 15 is 0 Å². The topological polar surface area (TPSA) is 95.4 Å². The van der Waals surface area contributed by atoms with Crippen LogP contribution in [0.5, 0.6) is 0 Å². The summed E-state index contributed by atoms with van der Waals surface area (Å²) in [5.74, 6) is -0.546. The van der Waals surface area contributed by atoms with Gasteiger partial charge in [0.1, 0.15) is 5.54 Å². The standard InChI is InChI=1S/C22H24N4O3/c1-13-8-11-26(13)21-23-17-7-3-6-16(17)18(24-21)14-4-2-5-15(12-14)19(27)25-22(9-10-22)20(28)29/h2,4-5,12-13H,3,6-11H2,1H3,(H,25,27)(H,28,29)/t13-/m0/s1. The Balaban J connectivity index is 1.49. The van der Waals surface area contributed by atoms with Gasteiger partial charge in [-0.15, -0.1) is 0 Å². The number of hydrogen-bond acceptors (Lipinski definition) is 5. The molecule has 1 amide bonds. The Labute approximate surface area is 169 Å². The third-order valence-electron chi connectivity index (χ3n) is 6.41. The van der Waals surface area contributed by atoms with Crippen LogP contribution < -0.4 is 10.2 Å². The molecule has 0 spiro atoms. The van der Waals surface area contributed by atoms with Crippen molar-refractivity contribution in [2.24, 2.45) is 0 Å². The first kappa shape index (κ1) is 18.1. The largest absolute Gasteiger partial charge is 0.480 e. The third kappa shape index (κ3) is 3.05. The lowest BCUT2D eigenvalue weighted by Crippen LogP contribution is -2.46. The van der Waals surface area contributed by atoms with E-state index in [1.165, 1.54) is 5.56 Å². The molecule has 150 valence electrons. The van der Waals surface area contributed by atoms with E-state index in [0.717, 1.165) is 55.1 Å². The minimum Gasteiger partial charge on any atom is -0.480 e. The van der Waals surface area contributed by atoms with Crippen molar-refractivity contribution < 1.29 is 14.7 Å². The molecule has 2 aliphatic carbocycles. The molecule has 2 heterocycles. The molecule has 1 atom stereocenters. The van der Waals surface area contributed by atoms with Gasteiger partial charge in [0.15, 0.2) is 0 Å². The van der Waals surface area contributed by atoms with Crippen molar-refractivity contribution in [1.82, 2.24) is 15.3 Å². The molecule has 1 saturated carbocycles. The zero-order valence-electron chi connectivity index (χ0n) is 16.4. The van der Waals surface area contributed by atoms with Crippen molar-refractivity contribution >= 4 is 17.8 Å². The molecule has 1 aromatic heterocycles. The van der Waals surface area contributed by atoms with Crippen LogP contribution in [-0.2, 0) is 17.6 Å². The molecule has 0 bridgehead atoms. The second-order valence-corrected chi connectivity index (χ2v) is 8.40. The molecule has 3 aliphatic rings. The van der Waals surface area contributed by atoms with Crippen molar-refractivity contribution in [3.05, 3.63) is 41.1 Å². The summed E-state index contributed by atoms with van der Waals surface area (Å²) < 4.78 is 0. The zero-order chi connectivity index (χ0) is 20.2. The number of hydrogen-bond donors (Lipinski definition) is 2. The first-order valence-electron chi connectivity index (χ1n) is 10.3. The molecule has 2 fully saturated rings. The van der Waals surface area contributed by atoms with E-state index < -0.39 is 11.5 Å². The predicted octanol–water partition coefficient (Wildman–Crippen LogP) is 2.58. The van der Waals surface area contributed by atoms with Crippen molar-refractivity contribution in [2.75, 3.05) is 11.4 Å². The van der Waals surface area contributed by atoms with Crippen molar-refractivity contribution in [1.29, 1.82) is 0 Å². The fourth-order valence-corrected chi connectivity index (χ4v) is 4.21. The maximum absolute atomic E-state index is 12.7. The number of carboxylic acid groups (broad SMARTS) is 1. The summed E-state index contributed by atoms with van der Waals surface area (Å²) in [6.07, 6.45) is 5.07. The molecule has 7 nitrogen and oxygen atoms in total. The Kier molecular flexibility index (Phi) is 4.08. The molecular weight excluding hydrogens is 368 g/mol. The van der Waals surface area contributed by atoms with Gasteiger partial charge in [0.05, 0.1) is 5.69 Å². The number of benzene rings is 1. The predicted molar refractivity (Wildman–Crippen MR) is 108 cm³/mol. The number of nitrogens with one attached hydrogen (secondary N) is 1. The molecule has 7 heteroatoms. The number of fused-ring (bicyclic) bond motifs is 1. The fraction of sp³-hybridized carbons (Fsp3) is 0.455. The van der Waals surface area contributed by atoms with Gasteiger partial charge in [0, 0.05) is 35.0 Å². The quantitative estimate of drug-likeness (QED) is 0.812. The minimum absolute atomic E-state index is 0.353. The second kappa shape index (κ2) is 6.54. The Morgan fingerprint density at radius 3 is 2.72 bits per heavy atom. The Hall–Kier alpha value is -2.96. The van der Waals surface area contributed by atoms with Crippen molar-refractivity contribution in [2.45, 2.75) is 57.0 Å². The number of aryl methyl sites for hydroxylation is 1. The van der Waals surface area contributed by atoms with Crippen LogP contribution in [0.1, 0.15) is 54.2 Å². The Bertz CT molecular complexity index is 1020. The minimum atomic E-state index is -1.09. The SMILES string of the molecule is C[C@H]1CCN1c1nc2c(c(-c3cccc(C(=O)NC4(C(=O)O)CC4)c3)n1)CCC2. The summed E-state index contributed by atoms with van der Waals surface area (Å²) >= 11 is 0. The smallest absolute Gasteiger partial charge is 0.329 e. The van der Waals surface area contributed by atoms with Crippen LogP contribution in [0.4, 0.5) is 5.95 Å². The van der Waals surface area contributed by atoms with Gasteiger partial charge in [-0.05, 0) is 57.6 Å². The number of carbonyl (C=O) groups is 2. The van der Waals surface area contributed by atoms with Crippen LogP contribution in [0.3, 0.4) is 0 Å². The van der Waals surface area contributed by atoms with Crippen LogP contribution in [0.15, 0.2) is 24.3 Å². The summed E-state index contributed by atoms with van der Waals surface area (Å²) in [6.45, 7) is 3.15. The van der Waals surface area contributed by atoms with E-state index in [1.54, 1.807) is 6.07 Å². The van der Waals surface area contributed by atoms with Crippen LogP contribution in [0.25, 0.3) is 11.3 Å². The number of carbonyl (C=O) groups excluding carboxylic acids is 1. The summed E-state index contributed by atoms with van der Waals surface area (Å²) in [7, 11) is 0. The molecule has 5 rings (SSSR count). The molecule has 2 N–H and O–H groups in total. The molecule has 0 unspecified atom stereocenters. The highest BCUT2D eigenvalue weighted by Gasteiger charge is 2.51. The van der Waals surface area contributed by atoms with Gasteiger partial charge in [0.2, 0.25) is 5.95 Å². The van der Waals surface area contributed by atoms with Gasteiger partial charge >= 0.3 is 5.97 Å². The maximum Gasteiger partial charge on any atom is 0.329 e. The van der Waals surface area contributed by atoms with Gasteiger partial charge in [-0.25, -0.2) is 14.8 Å². The monoisotopic (exact) mass is 392 g/mol. The molecular formula is C22H24N4O3. The van der Waals surface area contributed by atoms with E-state index in [4.69, 9.17) is 9.97 Å². The second-order valence-electron chi connectivity index (χ2n) is 8.40. The highest BCUT2D eigenvalue weighted by Crippen LogP contribution is 2.37. The number of rotatable bonds is 5. The summed E-state index contributed by atoms with van der Waals surface area (Å²) in [6, 6.07) is 7.78. The van der Waals surface area contributed by atoms with Gasteiger partial charge in [-0.2, -0.15) is 0 Å². The number of nitrogens with zero attached hydrogens (tertiary/aromatic N) is 3. The summed E-state index contributed by atoms with van der Waals surface area (Å²) in [4.78, 5) is 36.0. The normalized spacial score (nSPS) is 21.3. The average Bonchev–Trinajstić information content (AvgIpc) is 3.34. The lowest BCUT2D eigenvalue weighted by Gasteiger charge is -2.39. The summed E-state index contributed by atoms with van der Waals surface area (Å²) in [5, 5.41) is 12.0. The highest BCUT2D eigenvalue weighted by molar-refractivity contribution is 5.99. The molecule has 29 heavy (non-hydrogen) atoms.